The van der Waals surface area contributed by atoms with Crippen molar-refractivity contribution in [1.29, 1.82) is 0 Å². The van der Waals surface area contributed by atoms with Crippen LogP contribution < -0.4 is 0 Å². The molecule has 0 aliphatic rings. The molecular formula is H4Mg2Nb2O5Pb2. The smallest absolute Gasteiger partial charge is 2.00 e. The largest absolute Gasteiger partial charge is 5.00 e. The Labute approximate surface area is 169 Å². The summed E-state index contributed by atoms with van der Waals surface area (Å²) in [4.78, 5) is 0. The van der Waals surface area contributed by atoms with E-state index in [1.807, 2.05) is 0 Å². The van der Waals surface area contributed by atoms with Crippen LogP contribution in [0.2, 0.25) is 0 Å². The molecule has 0 aromatic carbocycles. The summed E-state index contributed by atoms with van der Waals surface area (Å²) < 4.78 is 0. The van der Waals surface area contributed by atoms with Gasteiger partial charge in [-0.3, -0.25) is 0 Å². The predicted octanol–water partition coefficient (Wildman–Crippen LogP) is -3.19. The summed E-state index contributed by atoms with van der Waals surface area (Å²) in [7, 11) is 0. The third kappa shape index (κ3) is 108. The molecule has 0 fully saturated rings. The van der Waals surface area contributed by atoms with Crippen molar-refractivity contribution in [3.05, 3.63) is 0 Å². The van der Waals surface area contributed by atoms with Crippen molar-refractivity contribution in [1.82, 2.24) is 0 Å². The second kappa shape index (κ2) is 126. The number of rotatable bonds is 0. The van der Waals surface area contributed by atoms with E-state index >= 15 is 0 Å². The minimum absolute atomic E-state index is 0. The van der Waals surface area contributed by atoms with Crippen LogP contribution in [0.25, 0.3) is 0 Å². The van der Waals surface area contributed by atoms with E-state index in [4.69, 9.17) is 0 Å². The van der Waals surface area contributed by atoms with Gasteiger partial charge in [-0.15, -0.1) is 0 Å². The summed E-state index contributed by atoms with van der Waals surface area (Å²) >= 11 is 0. The van der Waals surface area contributed by atoms with Crippen LogP contribution in [0, 0.1) is 0 Å². The summed E-state index contributed by atoms with van der Waals surface area (Å²) in [5.41, 5.74) is 0. The average molecular weight is 733 g/mol. The molecule has 0 amide bonds. The van der Waals surface area contributed by atoms with Crippen LogP contribution in [0.5, 0.6) is 0 Å². The zero-order valence-electron chi connectivity index (χ0n) is 3.94. The molecule has 0 aromatic rings. The van der Waals surface area contributed by atoms with Gasteiger partial charge in [-0.25, -0.2) is 0 Å². The fourth-order valence-electron chi connectivity index (χ4n) is 0. The van der Waals surface area contributed by atoms with E-state index in [-0.39, 0.29) is 173 Å². The first-order valence-corrected chi connectivity index (χ1v) is 0. The molecule has 0 rings (SSSR count). The minimum atomic E-state index is 0. The molecule has 0 bridgehead atoms. The van der Waals surface area contributed by atoms with Crippen molar-refractivity contribution < 1.29 is 72.1 Å². The molecule has 0 aliphatic heterocycles. The molecule has 0 spiro atoms. The molecule has 11 heteroatoms. The zero-order chi connectivity index (χ0) is 0. The summed E-state index contributed by atoms with van der Waals surface area (Å²) in [6, 6.07) is 0. The molecule has 0 aromatic heterocycles. The Hall–Kier alpha value is 4.66. The summed E-state index contributed by atoms with van der Waals surface area (Å²) in [6.07, 6.45) is 0. The molecule has 0 N–H and O–H groups in total. The molecule has 56 valence electrons. The van der Waals surface area contributed by atoms with E-state index in [0.717, 1.165) is 0 Å². The second-order valence-electron chi connectivity index (χ2n) is 0. The van der Waals surface area contributed by atoms with Crippen molar-refractivity contribution in [2.24, 2.45) is 0 Å². The number of hydrogen-bond acceptors (Lipinski definition) is 0. The molecule has 0 saturated heterocycles. The second-order valence-corrected chi connectivity index (χ2v) is 0. The Morgan fingerprint density at radius 1 is 0.364 bits per heavy atom. The maximum atomic E-state index is 0. The van der Waals surface area contributed by atoms with Crippen LogP contribution in [0.3, 0.4) is 0 Å². The first-order chi connectivity index (χ1) is 0. The van der Waals surface area contributed by atoms with E-state index < -0.39 is 0 Å². The van der Waals surface area contributed by atoms with Gasteiger partial charge in [0.15, 0.2) is 0 Å². The van der Waals surface area contributed by atoms with Gasteiger partial charge in [0.1, 0.15) is 0 Å². The monoisotopic (exact) mass is 734 g/mol. The SMILES string of the molecule is [MgH2].[MgH2].[Nb+5].[Nb+5].[O-2].[O-2].[O-2].[O-2].[O-2].[Pb].[Pb]. The normalized spacial score (nSPS) is 0. The summed E-state index contributed by atoms with van der Waals surface area (Å²) in [6.45, 7) is 0. The van der Waals surface area contributed by atoms with Crippen LogP contribution in [0.15, 0.2) is 0 Å². The fourth-order valence-corrected chi connectivity index (χ4v) is 0. The minimum Gasteiger partial charge on any atom is -2.00 e. The van der Waals surface area contributed by atoms with Gasteiger partial charge in [-0.05, 0) is 0 Å². The van der Waals surface area contributed by atoms with Crippen molar-refractivity contribution in [2.45, 2.75) is 0 Å². The van der Waals surface area contributed by atoms with Crippen LogP contribution in [-0.4, -0.2) is 101 Å². The van der Waals surface area contributed by atoms with Gasteiger partial charge in [-0.1, -0.05) is 0 Å². The average Bonchev–Trinajstić information content (AvgIpc) is 0. The molecule has 0 atom stereocenters. The van der Waals surface area contributed by atoms with E-state index in [0.29, 0.717) is 0 Å². The summed E-state index contributed by atoms with van der Waals surface area (Å²) in [5, 5.41) is 0. The molecule has 11 heavy (non-hydrogen) atoms. The maximum absolute atomic E-state index is 0. The van der Waals surface area contributed by atoms with Gasteiger partial charge in [0.05, 0.1) is 0 Å². The van der Waals surface area contributed by atoms with Gasteiger partial charge >= 0.3 is 90.9 Å². The Kier molecular flexibility index (Phi) is 1780. The Morgan fingerprint density at radius 3 is 0.364 bits per heavy atom. The van der Waals surface area contributed by atoms with Crippen LogP contribution >= 0.6 is 0 Å². The topological polar surface area (TPSA) is 142 Å². The van der Waals surface area contributed by atoms with Crippen LogP contribution in [0.1, 0.15) is 0 Å². The van der Waals surface area contributed by atoms with Gasteiger partial charge in [0.2, 0.25) is 0 Å². The van der Waals surface area contributed by atoms with Gasteiger partial charge < -0.3 is 27.4 Å². The van der Waals surface area contributed by atoms with Crippen molar-refractivity contribution in [3.8, 4) is 0 Å². The van der Waals surface area contributed by atoms with E-state index in [1.54, 1.807) is 0 Å². The third-order valence-corrected chi connectivity index (χ3v) is 0. The van der Waals surface area contributed by atoms with Crippen LogP contribution in [0.4, 0.5) is 0 Å². The molecule has 0 aliphatic carbocycles. The Balaban J connectivity index is 0. The first kappa shape index (κ1) is 155. The Bertz CT molecular complexity index is 20.4. The molecule has 0 heterocycles. The first-order valence-electron chi connectivity index (χ1n) is 0. The molecule has 0 saturated carbocycles. The Morgan fingerprint density at radius 2 is 0.364 bits per heavy atom. The van der Waals surface area contributed by atoms with Gasteiger partial charge in [0, 0.05) is 54.6 Å². The van der Waals surface area contributed by atoms with E-state index in [9.17, 15) is 0 Å². The molecule has 0 unspecified atom stereocenters. The van der Waals surface area contributed by atoms with E-state index in [2.05, 4.69) is 0 Å². The van der Waals surface area contributed by atoms with Crippen molar-refractivity contribution >= 4 is 101 Å². The quantitative estimate of drug-likeness (QED) is 0.232. The van der Waals surface area contributed by atoms with E-state index in [1.165, 1.54) is 0 Å². The standard InChI is InChI=1S/2Mg.2Nb.5O.2Pb.4H/q;;2*+5;5*-2;;;;;;. The molecule has 8 radical (unpaired) electrons. The van der Waals surface area contributed by atoms with Crippen LogP contribution in [-0.2, 0) is 72.1 Å². The van der Waals surface area contributed by atoms with Gasteiger partial charge in [0.25, 0.3) is 0 Å². The number of hydrogen-bond donors (Lipinski definition) is 0. The van der Waals surface area contributed by atoms with Crippen molar-refractivity contribution in [3.63, 3.8) is 0 Å². The zero-order valence-corrected chi connectivity index (χ0v) is 16.1. The predicted molar refractivity (Wildman–Crippen MR) is 32.0 cm³/mol. The van der Waals surface area contributed by atoms with Gasteiger partial charge in [-0.2, -0.15) is 0 Å². The maximum Gasteiger partial charge on any atom is 5.00 e. The van der Waals surface area contributed by atoms with Crippen molar-refractivity contribution in [2.75, 3.05) is 0 Å². The summed E-state index contributed by atoms with van der Waals surface area (Å²) in [5.74, 6) is 0. The third-order valence-electron chi connectivity index (χ3n) is 0. The fraction of sp³-hybridized carbons (Fsp3) is 0. The molecular weight excluding hydrogens is 729 g/mol. The molecule has 5 nitrogen and oxygen atoms in total.